The monoisotopic (exact) mass is 237 g/mol. The highest BCUT2D eigenvalue weighted by Gasteiger charge is 2.33. The van der Waals surface area contributed by atoms with E-state index in [0.29, 0.717) is 6.42 Å². The molecule has 5 nitrogen and oxygen atoms in total. The number of aliphatic hydroxyl groups is 2. The normalized spacial score (nSPS) is 20.8. The van der Waals surface area contributed by atoms with E-state index in [0.717, 1.165) is 11.1 Å². The molecule has 0 saturated heterocycles. The van der Waals surface area contributed by atoms with Crippen molar-refractivity contribution < 1.29 is 20.1 Å². The maximum Gasteiger partial charge on any atom is 0.407 e. The van der Waals surface area contributed by atoms with Gasteiger partial charge in [-0.1, -0.05) is 24.3 Å². The number of carboxylic acid groups (broad SMARTS) is 1. The van der Waals surface area contributed by atoms with Crippen LogP contribution in [-0.2, 0) is 13.0 Å². The van der Waals surface area contributed by atoms with Crippen LogP contribution in [-0.4, -0.2) is 45.1 Å². The fourth-order valence-corrected chi connectivity index (χ4v) is 2.22. The number of benzene rings is 1. The number of hydrogen-bond acceptors (Lipinski definition) is 3. The first-order valence-electron chi connectivity index (χ1n) is 5.48. The van der Waals surface area contributed by atoms with E-state index in [9.17, 15) is 9.90 Å². The van der Waals surface area contributed by atoms with Gasteiger partial charge in [0.25, 0.3) is 0 Å². The van der Waals surface area contributed by atoms with E-state index >= 15 is 0 Å². The summed E-state index contributed by atoms with van der Waals surface area (Å²) in [6, 6.07) is 6.98. The molecule has 0 radical (unpaired) electrons. The Bertz CT molecular complexity index is 421. The Morgan fingerprint density at radius 1 is 1.41 bits per heavy atom. The number of rotatable bonds is 2. The highest BCUT2D eigenvalue weighted by Crippen LogP contribution is 2.25. The zero-order chi connectivity index (χ0) is 12.4. The zero-order valence-electron chi connectivity index (χ0n) is 9.28. The molecule has 0 fully saturated rings. The van der Waals surface area contributed by atoms with Crippen molar-refractivity contribution in [3.63, 3.8) is 0 Å². The lowest BCUT2D eigenvalue weighted by atomic mass is 9.91. The third kappa shape index (κ3) is 2.25. The lowest BCUT2D eigenvalue weighted by Gasteiger charge is -2.37. The van der Waals surface area contributed by atoms with Crippen LogP contribution in [0.4, 0.5) is 4.79 Å². The molecule has 17 heavy (non-hydrogen) atoms. The average molecular weight is 237 g/mol. The standard InChI is InChI=1S/C12H15NO4/c14-7-11(15)10-5-8-3-1-2-4-9(8)6-13(10)12(16)17/h1-4,10-11,14-15H,5-7H2,(H,16,17)/t10?,11-/m1/s1. The Balaban J connectivity index is 2.31. The van der Waals surface area contributed by atoms with E-state index in [-0.39, 0.29) is 6.54 Å². The number of nitrogens with zero attached hydrogens (tertiary/aromatic N) is 1. The predicted molar refractivity (Wildman–Crippen MR) is 60.6 cm³/mol. The number of hydrogen-bond donors (Lipinski definition) is 3. The molecule has 3 N–H and O–H groups in total. The maximum atomic E-state index is 11.1. The van der Waals surface area contributed by atoms with E-state index in [1.807, 2.05) is 24.3 Å². The fourth-order valence-electron chi connectivity index (χ4n) is 2.22. The summed E-state index contributed by atoms with van der Waals surface area (Å²) in [5.41, 5.74) is 1.98. The van der Waals surface area contributed by atoms with Crippen molar-refractivity contribution in [2.24, 2.45) is 0 Å². The van der Waals surface area contributed by atoms with Gasteiger partial charge in [0, 0.05) is 6.54 Å². The second-order valence-electron chi connectivity index (χ2n) is 4.20. The second kappa shape index (κ2) is 4.73. The summed E-state index contributed by atoms with van der Waals surface area (Å²) < 4.78 is 0. The van der Waals surface area contributed by atoms with Gasteiger partial charge >= 0.3 is 6.09 Å². The van der Waals surface area contributed by atoms with Gasteiger partial charge in [0.05, 0.1) is 18.8 Å². The number of amides is 1. The zero-order valence-corrected chi connectivity index (χ0v) is 9.28. The van der Waals surface area contributed by atoms with Crippen LogP contribution in [0.1, 0.15) is 11.1 Å². The highest BCUT2D eigenvalue weighted by atomic mass is 16.4. The molecule has 2 atom stereocenters. The Labute approximate surface area is 98.9 Å². The quantitative estimate of drug-likeness (QED) is 0.697. The van der Waals surface area contributed by atoms with Crippen LogP contribution in [0.2, 0.25) is 0 Å². The first kappa shape index (κ1) is 11.9. The summed E-state index contributed by atoms with van der Waals surface area (Å²) in [4.78, 5) is 12.3. The van der Waals surface area contributed by atoms with Crippen LogP contribution in [0.15, 0.2) is 24.3 Å². The van der Waals surface area contributed by atoms with Crippen LogP contribution in [0.3, 0.4) is 0 Å². The second-order valence-corrected chi connectivity index (χ2v) is 4.20. The molecule has 1 unspecified atom stereocenters. The van der Waals surface area contributed by atoms with Crippen molar-refractivity contribution >= 4 is 6.09 Å². The SMILES string of the molecule is O=C(O)N1Cc2ccccc2CC1[C@H](O)CO. The van der Waals surface area contributed by atoms with Crippen LogP contribution in [0.25, 0.3) is 0 Å². The molecule has 2 rings (SSSR count). The molecule has 0 spiro atoms. The Kier molecular flexibility index (Phi) is 3.31. The molecule has 0 aromatic heterocycles. The molecular weight excluding hydrogens is 222 g/mol. The fraction of sp³-hybridized carbons (Fsp3) is 0.417. The molecule has 1 aromatic rings. The molecular formula is C12H15NO4. The van der Waals surface area contributed by atoms with Crippen molar-refractivity contribution in [3.05, 3.63) is 35.4 Å². The van der Waals surface area contributed by atoms with Gasteiger partial charge in [-0.15, -0.1) is 0 Å². The molecule has 1 heterocycles. The lowest BCUT2D eigenvalue weighted by Crippen LogP contribution is -2.51. The van der Waals surface area contributed by atoms with E-state index in [4.69, 9.17) is 10.2 Å². The van der Waals surface area contributed by atoms with Gasteiger partial charge in [0.1, 0.15) is 0 Å². The Morgan fingerprint density at radius 2 is 2.06 bits per heavy atom. The van der Waals surface area contributed by atoms with Crippen LogP contribution >= 0.6 is 0 Å². The van der Waals surface area contributed by atoms with E-state index in [2.05, 4.69) is 0 Å². The summed E-state index contributed by atoms with van der Waals surface area (Å²) in [5.74, 6) is 0. The van der Waals surface area contributed by atoms with Gasteiger partial charge in [-0.3, -0.25) is 4.90 Å². The van der Waals surface area contributed by atoms with Gasteiger partial charge in [-0.2, -0.15) is 0 Å². The first-order chi connectivity index (χ1) is 8.13. The summed E-state index contributed by atoms with van der Waals surface area (Å²) in [5, 5.41) is 27.7. The smallest absolute Gasteiger partial charge is 0.407 e. The van der Waals surface area contributed by atoms with Crippen molar-refractivity contribution in [3.8, 4) is 0 Å². The summed E-state index contributed by atoms with van der Waals surface area (Å²) >= 11 is 0. The third-order valence-electron chi connectivity index (χ3n) is 3.17. The van der Waals surface area contributed by atoms with Gasteiger partial charge in [-0.25, -0.2) is 4.79 Å². The van der Waals surface area contributed by atoms with Crippen molar-refractivity contribution in [2.75, 3.05) is 6.61 Å². The maximum absolute atomic E-state index is 11.1. The van der Waals surface area contributed by atoms with Gasteiger partial charge in [-0.05, 0) is 17.5 Å². The molecule has 92 valence electrons. The van der Waals surface area contributed by atoms with Crippen LogP contribution in [0, 0.1) is 0 Å². The van der Waals surface area contributed by atoms with Crippen molar-refractivity contribution in [2.45, 2.75) is 25.1 Å². The number of fused-ring (bicyclic) bond motifs is 1. The van der Waals surface area contributed by atoms with E-state index in [1.165, 1.54) is 4.90 Å². The van der Waals surface area contributed by atoms with Crippen molar-refractivity contribution in [1.82, 2.24) is 4.90 Å². The molecule has 1 aliphatic rings. The molecule has 0 saturated carbocycles. The molecule has 1 aliphatic heterocycles. The summed E-state index contributed by atoms with van der Waals surface area (Å²) in [7, 11) is 0. The number of aliphatic hydroxyl groups excluding tert-OH is 2. The molecule has 0 aliphatic carbocycles. The van der Waals surface area contributed by atoms with Crippen molar-refractivity contribution in [1.29, 1.82) is 0 Å². The number of carbonyl (C=O) groups is 1. The first-order valence-corrected chi connectivity index (χ1v) is 5.48. The van der Waals surface area contributed by atoms with Crippen LogP contribution in [0.5, 0.6) is 0 Å². The summed E-state index contributed by atoms with van der Waals surface area (Å²) in [6.07, 6.45) is -1.68. The highest BCUT2D eigenvalue weighted by molar-refractivity contribution is 5.66. The molecule has 0 bridgehead atoms. The molecule has 5 heteroatoms. The van der Waals surface area contributed by atoms with E-state index in [1.54, 1.807) is 0 Å². The van der Waals surface area contributed by atoms with Gasteiger partial charge < -0.3 is 15.3 Å². The van der Waals surface area contributed by atoms with Gasteiger partial charge in [0.15, 0.2) is 0 Å². The molecule has 1 amide bonds. The minimum absolute atomic E-state index is 0.257. The third-order valence-corrected chi connectivity index (χ3v) is 3.17. The largest absolute Gasteiger partial charge is 0.465 e. The van der Waals surface area contributed by atoms with E-state index < -0.39 is 24.8 Å². The minimum Gasteiger partial charge on any atom is -0.465 e. The summed E-state index contributed by atoms with van der Waals surface area (Å²) in [6.45, 7) is -0.177. The lowest BCUT2D eigenvalue weighted by molar-refractivity contribution is 0.00756. The topological polar surface area (TPSA) is 81.0 Å². The Hall–Kier alpha value is -1.59. The molecule has 1 aromatic carbocycles. The van der Waals surface area contributed by atoms with Gasteiger partial charge in [0.2, 0.25) is 0 Å². The minimum atomic E-state index is -1.07. The average Bonchev–Trinajstić information content (AvgIpc) is 2.36. The Morgan fingerprint density at radius 3 is 2.65 bits per heavy atom. The van der Waals surface area contributed by atoms with Crippen LogP contribution < -0.4 is 0 Å². The predicted octanol–water partition coefficient (Wildman–Crippen LogP) is 0.444.